The Morgan fingerprint density at radius 2 is 2.26 bits per heavy atom. The highest BCUT2D eigenvalue weighted by Gasteiger charge is 2.29. The lowest BCUT2D eigenvalue weighted by Gasteiger charge is -2.28. The molecule has 0 aliphatic heterocycles. The van der Waals surface area contributed by atoms with Crippen molar-refractivity contribution < 1.29 is 18.6 Å². The number of aliphatic hydroxyl groups excluding tert-OH is 1. The van der Waals surface area contributed by atoms with Crippen molar-refractivity contribution in [3.05, 3.63) is 29.3 Å². The molecule has 5 heteroatoms. The fourth-order valence-electron chi connectivity index (χ4n) is 2.49. The van der Waals surface area contributed by atoms with Crippen molar-refractivity contribution >= 4 is 0 Å². The second-order valence-electron chi connectivity index (χ2n) is 4.93. The number of rotatable bonds is 5. The average Bonchev–Trinajstić information content (AvgIpc) is 2.44. The van der Waals surface area contributed by atoms with E-state index in [1.807, 2.05) is 18.2 Å². The van der Waals surface area contributed by atoms with E-state index in [1.165, 1.54) is 5.56 Å². The lowest BCUT2D eigenvalue weighted by atomic mass is 9.87. The van der Waals surface area contributed by atoms with Crippen molar-refractivity contribution in [1.29, 1.82) is 0 Å². The van der Waals surface area contributed by atoms with Gasteiger partial charge in [-0.3, -0.25) is 0 Å². The maximum Gasteiger partial charge on any atom is 0.282 e. The van der Waals surface area contributed by atoms with Gasteiger partial charge in [0.2, 0.25) is 0 Å². The number of hydrogen-bond acceptors (Lipinski definition) is 3. The number of fused-ring (bicyclic) bond motifs is 1. The van der Waals surface area contributed by atoms with Gasteiger partial charge in [-0.15, -0.1) is 0 Å². The summed E-state index contributed by atoms with van der Waals surface area (Å²) in [4.78, 5) is 0. The van der Waals surface area contributed by atoms with E-state index in [1.54, 1.807) is 7.11 Å². The van der Waals surface area contributed by atoms with Crippen molar-refractivity contribution in [3.63, 3.8) is 0 Å². The van der Waals surface area contributed by atoms with E-state index >= 15 is 0 Å². The van der Waals surface area contributed by atoms with Gasteiger partial charge in [-0.1, -0.05) is 12.1 Å². The SMILES string of the molecule is COc1cccc2c1CC[C@H](NCC(F)(F)CO)C2. The zero-order valence-corrected chi connectivity index (χ0v) is 11.0. The number of nitrogens with one attached hydrogen (secondary N) is 1. The highest BCUT2D eigenvalue weighted by Crippen LogP contribution is 2.29. The minimum atomic E-state index is -3.05. The van der Waals surface area contributed by atoms with Crippen LogP contribution in [0.4, 0.5) is 8.78 Å². The summed E-state index contributed by atoms with van der Waals surface area (Å²) in [6.45, 7) is -1.59. The van der Waals surface area contributed by atoms with Gasteiger partial charge >= 0.3 is 0 Å². The molecule has 1 atom stereocenters. The largest absolute Gasteiger partial charge is 0.496 e. The molecule has 0 spiro atoms. The molecular formula is C14H19F2NO2. The molecule has 0 unspecified atom stereocenters. The molecule has 2 rings (SSSR count). The maximum atomic E-state index is 13.0. The molecule has 1 aromatic rings. The van der Waals surface area contributed by atoms with Crippen LogP contribution in [0.1, 0.15) is 17.5 Å². The normalized spacial score (nSPS) is 19.1. The summed E-state index contributed by atoms with van der Waals surface area (Å²) in [5.74, 6) is -2.18. The number of halogens is 2. The number of hydrogen-bond donors (Lipinski definition) is 2. The summed E-state index contributed by atoms with van der Waals surface area (Å²) in [5, 5.41) is 11.4. The zero-order valence-electron chi connectivity index (χ0n) is 11.0. The molecule has 1 aliphatic carbocycles. The van der Waals surface area contributed by atoms with Gasteiger partial charge in [0.1, 0.15) is 12.4 Å². The summed E-state index contributed by atoms with van der Waals surface area (Å²) >= 11 is 0. The standard InChI is InChI=1S/C14H19F2NO2/c1-19-13-4-2-3-10-7-11(5-6-12(10)13)17-8-14(15,16)9-18/h2-4,11,17-18H,5-9H2,1H3/t11-/m0/s1. The van der Waals surface area contributed by atoms with Crippen LogP contribution in [0.3, 0.4) is 0 Å². The first kappa shape index (κ1) is 14.2. The minimum absolute atomic E-state index is 0.0250. The monoisotopic (exact) mass is 271 g/mol. The average molecular weight is 271 g/mol. The molecule has 3 nitrogen and oxygen atoms in total. The molecule has 0 heterocycles. The van der Waals surface area contributed by atoms with Gasteiger partial charge in [0.25, 0.3) is 5.92 Å². The maximum absolute atomic E-state index is 13.0. The van der Waals surface area contributed by atoms with Crippen molar-refractivity contribution in [3.8, 4) is 5.75 Å². The molecule has 0 amide bonds. The molecule has 0 bridgehead atoms. The third kappa shape index (κ3) is 3.42. The van der Waals surface area contributed by atoms with E-state index in [4.69, 9.17) is 9.84 Å². The smallest absolute Gasteiger partial charge is 0.282 e. The Hall–Kier alpha value is -1.20. The van der Waals surface area contributed by atoms with Crippen LogP contribution in [0.25, 0.3) is 0 Å². The zero-order chi connectivity index (χ0) is 13.9. The Morgan fingerprint density at radius 3 is 2.95 bits per heavy atom. The molecule has 1 aromatic carbocycles. The number of ether oxygens (including phenoxy) is 1. The quantitative estimate of drug-likeness (QED) is 0.857. The van der Waals surface area contributed by atoms with Gasteiger partial charge in [0.15, 0.2) is 0 Å². The van der Waals surface area contributed by atoms with Crippen LogP contribution in [0.5, 0.6) is 5.75 Å². The van der Waals surface area contributed by atoms with Gasteiger partial charge in [-0.25, -0.2) is 8.78 Å². The summed E-state index contributed by atoms with van der Waals surface area (Å²) in [6, 6.07) is 5.88. The number of alkyl halides is 2. The van der Waals surface area contributed by atoms with Crippen LogP contribution in [0, 0.1) is 0 Å². The Bertz CT molecular complexity index is 437. The second-order valence-corrected chi connectivity index (χ2v) is 4.93. The van der Waals surface area contributed by atoms with E-state index < -0.39 is 19.1 Å². The molecule has 19 heavy (non-hydrogen) atoms. The third-order valence-corrected chi connectivity index (χ3v) is 3.54. The molecular weight excluding hydrogens is 252 g/mol. The van der Waals surface area contributed by atoms with Crippen LogP contribution in [-0.2, 0) is 12.8 Å². The lowest BCUT2D eigenvalue weighted by Crippen LogP contribution is -2.43. The van der Waals surface area contributed by atoms with Gasteiger partial charge in [-0.05, 0) is 36.5 Å². The first-order chi connectivity index (χ1) is 9.05. The van der Waals surface area contributed by atoms with Crippen LogP contribution < -0.4 is 10.1 Å². The highest BCUT2D eigenvalue weighted by molar-refractivity contribution is 5.42. The van der Waals surface area contributed by atoms with E-state index in [0.717, 1.165) is 24.2 Å². The Balaban J connectivity index is 1.99. The predicted octanol–water partition coefficient (Wildman–Crippen LogP) is 1.77. The van der Waals surface area contributed by atoms with Crippen molar-refractivity contribution in [2.75, 3.05) is 20.3 Å². The molecule has 1 aliphatic rings. The van der Waals surface area contributed by atoms with Gasteiger partial charge in [0, 0.05) is 6.04 Å². The number of methoxy groups -OCH3 is 1. The molecule has 0 saturated carbocycles. The van der Waals surface area contributed by atoms with E-state index in [0.29, 0.717) is 6.42 Å². The molecule has 0 saturated heterocycles. The van der Waals surface area contributed by atoms with Gasteiger partial charge in [-0.2, -0.15) is 0 Å². The Morgan fingerprint density at radius 1 is 1.47 bits per heavy atom. The van der Waals surface area contributed by atoms with Crippen molar-refractivity contribution in [2.45, 2.75) is 31.2 Å². The van der Waals surface area contributed by atoms with E-state index in [9.17, 15) is 8.78 Å². The van der Waals surface area contributed by atoms with Crippen molar-refractivity contribution in [1.82, 2.24) is 5.32 Å². The summed E-state index contributed by atoms with van der Waals surface area (Å²) in [7, 11) is 1.64. The number of aliphatic hydroxyl groups is 1. The van der Waals surface area contributed by atoms with Crippen LogP contribution in [-0.4, -0.2) is 37.3 Å². The molecule has 0 fully saturated rings. The third-order valence-electron chi connectivity index (χ3n) is 3.54. The predicted molar refractivity (Wildman–Crippen MR) is 68.8 cm³/mol. The molecule has 0 radical (unpaired) electrons. The lowest BCUT2D eigenvalue weighted by molar-refractivity contribution is -0.0495. The van der Waals surface area contributed by atoms with Crippen LogP contribution in [0.2, 0.25) is 0 Å². The Labute approximate surface area is 111 Å². The minimum Gasteiger partial charge on any atom is -0.496 e. The number of benzene rings is 1. The first-order valence-corrected chi connectivity index (χ1v) is 6.42. The fourth-order valence-corrected chi connectivity index (χ4v) is 2.49. The first-order valence-electron chi connectivity index (χ1n) is 6.42. The van der Waals surface area contributed by atoms with Crippen LogP contribution >= 0.6 is 0 Å². The topological polar surface area (TPSA) is 41.5 Å². The highest BCUT2D eigenvalue weighted by atomic mass is 19.3. The summed E-state index contributed by atoms with van der Waals surface area (Å²) < 4.78 is 31.3. The molecule has 0 aromatic heterocycles. The van der Waals surface area contributed by atoms with E-state index in [2.05, 4.69) is 5.32 Å². The summed E-state index contributed by atoms with van der Waals surface area (Å²) in [6.07, 6.45) is 2.34. The molecule has 2 N–H and O–H groups in total. The Kier molecular flexibility index (Phi) is 4.37. The fraction of sp³-hybridized carbons (Fsp3) is 0.571. The second kappa shape index (κ2) is 5.84. The summed E-state index contributed by atoms with van der Waals surface area (Å²) in [5.41, 5.74) is 2.33. The van der Waals surface area contributed by atoms with Gasteiger partial charge in [0.05, 0.1) is 13.7 Å². The van der Waals surface area contributed by atoms with Crippen LogP contribution in [0.15, 0.2) is 18.2 Å². The van der Waals surface area contributed by atoms with Gasteiger partial charge < -0.3 is 15.2 Å². The molecule has 106 valence electrons. The van der Waals surface area contributed by atoms with Crippen molar-refractivity contribution in [2.24, 2.45) is 0 Å². The van der Waals surface area contributed by atoms with E-state index in [-0.39, 0.29) is 6.04 Å².